The molecule has 0 saturated heterocycles. The van der Waals surface area contributed by atoms with Crippen LogP contribution in [-0.2, 0) is 5.75 Å². The van der Waals surface area contributed by atoms with Crippen molar-refractivity contribution in [3.8, 4) is 0 Å². The molecule has 1 saturated carbocycles. The topological polar surface area (TPSA) is 61.4 Å². The van der Waals surface area contributed by atoms with E-state index in [0.717, 1.165) is 30.6 Å². The lowest BCUT2D eigenvalue weighted by Crippen LogP contribution is -2.35. The van der Waals surface area contributed by atoms with Gasteiger partial charge in [0.15, 0.2) is 0 Å². The highest BCUT2D eigenvalue weighted by molar-refractivity contribution is 7.97. The van der Waals surface area contributed by atoms with E-state index in [1.165, 1.54) is 0 Å². The summed E-state index contributed by atoms with van der Waals surface area (Å²) in [6.45, 7) is 0.495. The average molecular weight is 329 g/mol. The molecule has 1 aliphatic rings. The molecule has 4 nitrogen and oxygen atoms in total. The number of amides is 2. The van der Waals surface area contributed by atoms with Gasteiger partial charge in [-0.05, 0) is 36.8 Å². The van der Waals surface area contributed by atoms with Crippen LogP contribution in [0.3, 0.4) is 0 Å². The molecule has 0 radical (unpaired) electrons. The van der Waals surface area contributed by atoms with Gasteiger partial charge in [-0.3, -0.25) is 0 Å². The number of hydrogen-bond acceptors (Lipinski definition) is 3. The zero-order chi connectivity index (χ0) is 15.2. The smallest absolute Gasteiger partial charge is 0.319 e. The maximum absolute atomic E-state index is 11.9. The first-order valence-corrected chi connectivity index (χ1v) is 8.87. The predicted molar refractivity (Wildman–Crippen MR) is 89.0 cm³/mol. The van der Waals surface area contributed by atoms with Gasteiger partial charge in [-0.1, -0.05) is 24.1 Å². The lowest BCUT2D eigenvalue weighted by Gasteiger charge is -2.16. The molecule has 1 aliphatic carbocycles. The molecule has 1 aromatic rings. The number of hydrogen-bond donors (Lipinski definition) is 3. The standard InChI is InChI=1S/C15H21ClN2O2S/c1-21-9-10-5-6-12(16)13(7-10)18-15(20)17-8-11-3-2-4-14(11)19/h5-7,11,14,19H,2-4,8-9H2,1H3,(H2,17,18,20)/t11-,14+/m1/s1. The second kappa shape index (κ2) is 7.92. The number of urea groups is 1. The molecule has 0 spiro atoms. The van der Waals surface area contributed by atoms with E-state index in [0.29, 0.717) is 17.3 Å². The summed E-state index contributed by atoms with van der Waals surface area (Å²) < 4.78 is 0. The maximum atomic E-state index is 11.9. The normalized spacial score (nSPS) is 21.3. The highest BCUT2D eigenvalue weighted by atomic mass is 35.5. The van der Waals surface area contributed by atoms with Crippen LogP contribution < -0.4 is 10.6 Å². The number of rotatable bonds is 5. The van der Waals surface area contributed by atoms with Gasteiger partial charge in [0.05, 0.1) is 16.8 Å². The summed E-state index contributed by atoms with van der Waals surface area (Å²) in [5.41, 5.74) is 1.74. The molecule has 2 atom stereocenters. The van der Waals surface area contributed by atoms with Crippen LogP contribution in [0.5, 0.6) is 0 Å². The van der Waals surface area contributed by atoms with Gasteiger partial charge >= 0.3 is 6.03 Å². The second-order valence-electron chi connectivity index (χ2n) is 5.34. The van der Waals surface area contributed by atoms with Crippen LogP contribution in [0.2, 0.25) is 5.02 Å². The SMILES string of the molecule is CSCc1ccc(Cl)c(NC(=O)NC[C@H]2CCC[C@@H]2O)c1. The first-order valence-electron chi connectivity index (χ1n) is 7.10. The van der Waals surface area contributed by atoms with Crippen LogP contribution in [0.4, 0.5) is 10.5 Å². The lowest BCUT2D eigenvalue weighted by atomic mass is 10.1. The summed E-state index contributed by atoms with van der Waals surface area (Å²) in [6.07, 6.45) is 4.56. The highest BCUT2D eigenvalue weighted by Gasteiger charge is 2.25. The van der Waals surface area contributed by atoms with Crippen molar-refractivity contribution in [1.82, 2.24) is 5.32 Å². The van der Waals surface area contributed by atoms with Gasteiger partial charge in [0.25, 0.3) is 0 Å². The first-order chi connectivity index (χ1) is 10.1. The minimum absolute atomic E-state index is 0.161. The summed E-state index contributed by atoms with van der Waals surface area (Å²) in [4.78, 5) is 11.9. The Kier molecular flexibility index (Phi) is 6.21. The van der Waals surface area contributed by atoms with Crippen LogP contribution in [0, 0.1) is 5.92 Å². The molecule has 1 fully saturated rings. The second-order valence-corrected chi connectivity index (χ2v) is 6.61. The van der Waals surface area contributed by atoms with E-state index >= 15 is 0 Å². The van der Waals surface area contributed by atoms with Gasteiger partial charge in [0.1, 0.15) is 0 Å². The average Bonchev–Trinajstić information content (AvgIpc) is 2.86. The molecule has 0 unspecified atom stereocenters. The maximum Gasteiger partial charge on any atom is 0.319 e. The number of anilines is 1. The summed E-state index contributed by atoms with van der Waals surface area (Å²) in [7, 11) is 0. The van der Waals surface area contributed by atoms with Gasteiger partial charge in [-0.15, -0.1) is 0 Å². The van der Waals surface area contributed by atoms with E-state index < -0.39 is 0 Å². The van der Waals surface area contributed by atoms with Crippen molar-refractivity contribution in [3.63, 3.8) is 0 Å². The molecule has 1 aromatic carbocycles. The minimum Gasteiger partial charge on any atom is -0.393 e. The third-order valence-electron chi connectivity index (χ3n) is 3.73. The molecule has 0 aliphatic heterocycles. The van der Waals surface area contributed by atoms with Crippen molar-refractivity contribution >= 4 is 35.1 Å². The predicted octanol–water partition coefficient (Wildman–Crippen LogP) is 3.49. The van der Waals surface area contributed by atoms with Crippen LogP contribution in [0.15, 0.2) is 18.2 Å². The van der Waals surface area contributed by atoms with Gasteiger partial charge < -0.3 is 15.7 Å². The monoisotopic (exact) mass is 328 g/mol. The van der Waals surface area contributed by atoms with E-state index in [1.54, 1.807) is 17.8 Å². The molecular weight excluding hydrogens is 308 g/mol. The number of aliphatic hydroxyl groups is 1. The molecule has 0 heterocycles. The Morgan fingerprint density at radius 2 is 2.29 bits per heavy atom. The fraction of sp³-hybridized carbons (Fsp3) is 0.533. The number of carbonyl (C=O) groups is 1. The third kappa shape index (κ3) is 4.80. The molecule has 2 amide bonds. The summed E-state index contributed by atoms with van der Waals surface area (Å²) in [5, 5.41) is 15.8. The Bertz CT molecular complexity index is 499. The Morgan fingerprint density at radius 3 is 2.95 bits per heavy atom. The zero-order valence-electron chi connectivity index (χ0n) is 12.1. The van der Waals surface area contributed by atoms with Crippen LogP contribution in [-0.4, -0.2) is 30.0 Å². The Balaban J connectivity index is 1.88. The van der Waals surface area contributed by atoms with E-state index in [1.807, 2.05) is 18.4 Å². The Labute approximate surface area is 134 Å². The summed E-state index contributed by atoms with van der Waals surface area (Å²) in [6, 6.07) is 5.36. The quantitative estimate of drug-likeness (QED) is 0.775. The van der Waals surface area contributed by atoms with E-state index in [4.69, 9.17) is 11.6 Å². The molecular formula is C15H21ClN2O2S. The number of benzene rings is 1. The van der Waals surface area contributed by atoms with Crippen molar-refractivity contribution < 1.29 is 9.90 Å². The molecule has 6 heteroatoms. The van der Waals surface area contributed by atoms with Gasteiger partial charge in [0.2, 0.25) is 0 Å². The third-order valence-corrected chi connectivity index (χ3v) is 4.69. The fourth-order valence-electron chi connectivity index (χ4n) is 2.57. The highest BCUT2D eigenvalue weighted by Crippen LogP contribution is 2.26. The van der Waals surface area contributed by atoms with E-state index in [2.05, 4.69) is 10.6 Å². The van der Waals surface area contributed by atoms with Crippen LogP contribution in [0.1, 0.15) is 24.8 Å². The number of aliphatic hydroxyl groups excluding tert-OH is 1. The molecule has 116 valence electrons. The summed E-state index contributed by atoms with van der Waals surface area (Å²) in [5.74, 6) is 1.04. The number of thioether (sulfide) groups is 1. The number of halogens is 1. The fourth-order valence-corrected chi connectivity index (χ4v) is 3.25. The van der Waals surface area contributed by atoms with Gasteiger partial charge in [-0.25, -0.2) is 4.79 Å². The number of carbonyl (C=O) groups excluding carboxylic acids is 1. The van der Waals surface area contributed by atoms with Gasteiger partial charge in [-0.2, -0.15) is 11.8 Å². The minimum atomic E-state index is -0.293. The van der Waals surface area contributed by atoms with Crippen molar-refractivity contribution in [3.05, 3.63) is 28.8 Å². The first kappa shape index (κ1) is 16.5. The molecule has 21 heavy (non-hydrogen) atoms. The van der Waals surface area contributed by atoms with Crippen molar-refractivity contribution in [2.24, 2.45) is 5.92 Å². The largest absolute Gasteiger partial charge is 0.393 e. The Hall–Kier alpha value is -0.910. The molecule has 0 bridgehead atoms. The zero-order valence-corrected chi connectivity index (χ0v) is 13.6. The number of nitrogens with one attached hydrogen (secondary N) is 2. The Morgan fingerprint density at radius 1 is 1.48 bits per heavy atom. The van der Waals surface area contributed by atoms with Gasteiger partial charge in [0, 0.05) is 18.2 Å². The van der Waals surface area contributed by atoms with Crippen molar-refractivity contribution in [2.45, 2.75) is 31.1 Å². The van der Waals surface area contributed by atoms with E-state index in [-0.39, 0.29) is 18.1 Å². The van der Waals surface area contributed by atoms with Crippen molar-refractivity contribution in [2.75, 3.05) is 18.1 Å². The van der Waals surface area contributed by atoms with Crippen molar-refractivity contribution in [1.29, 1.82) is 0 Å². The summed E-state index contributed by atoms with van der Waals surface area (Å²) >= 11 is 7.82. The van der Waals surface area contributed by atoms with Crippen LogP contribution >= 0.6 is 23.4 Å². The van der Waals surface area contributed by atoms with E-state index in [9.17, 15) is 9.90 Å². The molecule has 3 N–H and O–H groups in total. The lowest BCUT2D eigenvalue weighted by molar-refractivity contribution is 0.133. The van der Waals surface area contributed by atoms with Crippen LogP contribution in [0.25, 0.3) is 0 Å². The molecule has 0 aromatic heterocycles. The molecule has 2 rings (SSSR count).